The van der Waals surface area contributed by atoms with Crippen molar-refractivity contribution < 1.29 is 13.2 Å². The molecule has 7 nitrogen and oxygen atoms in total. The Morgan fingerprint density at radius 2 is 1.71 bits per heavy atom. The zero-order chi connectivity index (χ0) is 22.4. The molecule has 2 aromatic rings. The minimum Gasteiger partial charge on any atom is -0.298 e. The lowest BCUT2D eigenvalue weighted by molar-refractivity contribution is -0.119. The van der Waals surface area contributed by atoms with Crippen LogP contribution in [0.15, 0.2) is 53.6 Å². The normalized spacial score (nSPS) is 14.9. The second kappa shape index (κ2) is 10.5. The summed E-state index contributed by atoms with van der Waals surface area (Å²) in [4.78, 5) is 14.7. The molecule has 1 aliphatic rings. The third kappa shape index (κ3) is 7.21. The average Bonchev–Trinajstić information content (AvgIpc) is 2.71. The Hall–Kier alpha value is -2.13. The van der Waals surface area contributed by atoms with Crippen molar-refractivity contribution in [3.8, 4) is 0 Å². The average molecular weight is 483 g/mol. The molecule has 0 unspecified atom stereocenters. The van der Waals surface area contributed by atoms with Gasteiger partial charge >= 0.3 is 0 Å². The van der Waals surface area contributed by atoms with Crippen molar-refractivity contribution in [2.45, 2.75) is 19.4 Å². The molecule has 0 saturated carbocycles. The standard InChI is InChI=1S/C21H24Cl2N4O3S/c1-31(29,30)27(20-12-17(22)11-18(23)13-20)15-21(28)25-24-19-7-9-26(10-8-19)14-16-5-3-2-4-6-16/h2-6,11-13H,7-10,14-15H2,1H3,(H,25,28). The van der Waals surface area contributed by atoms with Crippen molar-refractivity contribution in [2.75, 3.05) is 30.2 Å². The molecule has 1 fully saturated rings. The highest BCUT2D eigenvalue weighted by molar-refractivity contribution is 7.92. The van der Waals surface area contributed by atoms with Crippen LogP contribution in [0.1, 0.15) is 18.4 Å². The van der Waals surface area contributed by atoms with Gasteiger partial charge in [0.05, 0.1) is 11.9 Å². The number of carbonyl (C=O) groups excluding carboxylic acids is 1. The number of anilines is 1. The molecule has 0 spiro atoms. The molecule has 0 atom stereocenters. The van der Waals surface area contributed by atoms with Gasteiger partial charge in [-0.15, -0.1) is 0 Å². The molecule has 1 amide bonds. The zero-order valence-electron chi connectivity index (χ0n) is 17.1. The fourth-order valence-corrected chi connectivity index (χ4v) is 4.67. The number of piperidine rings is 1. The van der Waals surface area contributed by atoms with Gasteiger partial charge in [0.2, 0.25) is 10.0 Å². The summed E-state index contributed by atoms with van der Waals surface area (Å²) in [6.45, 7) is 2.15. The predicted molar refractivity (Wildman–Crippen MR) is 125 cm³/mol. The van der Waals surface area contributed by atoms with Crippen LogP contribution in [0.4, 0.5) is 5.69 Å². The van der Waals surface area contributed by atoms with E-state index in [-0.39, 0.29) is 15.7 Å². The van der Waals surface area contributed by atoms with Gasteiger partial charge in [0.1, 0.15) is 6.54 Å². The van der Waals surface area contributed by atoms with E-state index in [1.54, 1.807) is 0 Å². The summed E-state index contributed by atoms with van der Waals surface area (Å²) in [5.41, 5.74) is 4.84. The van der Waals surface area contributed by atoms with Gasteiger partial charge in [-0.05, 0) is 23.8 Å². The summed E-state index contributed by atoms with van der Waals surface area (Å²) in [5, 5.41) is 4.76. The number of rotatable bonds is 7. The Balaban J connectivity index is 1.56. The molecule has 1 heterocycles. The van der Waals surface area contributed by atoms with E-state index in [2.05, 4.69) is 27.6 Å². The molecule has 0 radical (unpaired) electrons. The first-order chi connectivity index (χ1) is 14.7. The summed E-state index contributed by atoms with van der Waals surface area (Å²) >= 11 is 11.9. The number of hydrogen-bond donors (Lipinski definition) is 1. The van der Waals surface area contributed by atoms with Crippen LogP contribution in [0.25, 0.3) is 0 Å². The summed E-state index contributed by atoms with van der Waals surface area (Å²) in [7, 11) is -3.73. The number of amides is 1. The SMILES string of the molecule is CS(=O)(=O)N(CC(=O)NN=C1CCN(Cc2ccccc2)CC1)c1cc(Cl)cc(Cl)c1. The monoisotopic (exact) mass is 482 g/mol. The highest BCUT2D eigenvalue weighted by Crippen LogP contribution is 2.26. The number of likely N-dealkylation sites (tertiary alicyclic amines) is 1. The Kier molecular flexibility index (Phi) is 7.94. The minimum atomic E-state index is -3.73. The minimum absolute atomic E-state index is 0.219. The molecule has 2 aromatic carbocycles. The van der Waals surface area contributed by atoms with E-state index in [1.165, 1.54) is 23.8 Å². The summed E-state index contributed by atoms with van der Waals surface area (Å²) < 4.78 is 25.3. The quantitative estimate of drug-likeness (QED) is 0.611. The van der Waals surface area contributed by atoms with Gasteiger partial charge in [-0.25, -0.2) is 13.8 Å². The smallest absolute Gasteiger partial charge is 0.260 e. The lowest BCUT2D eigenvalue weighted by Gasteiger charge is -2.27. The van der Waals surface area contributed by atoms with Crippen LogP contribution >= 0.6 is 23.2 Å². The zero-order valence-corrected chi connectivity index (χ0v) is 19.4. The fourth-order valence-electron chi connectivity index (χ4n) is 3.31. The second-order valence-corrected chi connectivity index (χ2v) is 10.2. The van der Waals surface area contributed by atoms with Crippen molar-refractivity contribution in [1.82, 2.24) is 10.3 Å². The van der Waals surface area contributed by atoms with Gasteiger partial charge in [-0.3, -0.25) is 14.0 Å². The molecule has 0 bridgehead atoms. The fraction of sp³-hybridized carbons (Fsp3) is 0.333. The molecule has 0 aliphatic carbocycles. The molecule has 31 heavy (non-hydrogen) atoms. The number of halogens is 2. The van der Waals surface area contributed by atoms with Crippen molar-refractivity contribution in [1.29, 1.82) is 0 Å². The van der Waals surface area contributed by atoms with Gasteiger partial charge in [-0.1, -0.05) is 53.5 Å². The van der Waals surface area contributed by atoms with E-state index in [9.17, 15) is 13.2 Å². The van der Waals surface area contributed by atoms with Crippen molar-refractivity contribution in [3.05, 3.63) is 64.1 Å². The van der Waals surface area contributed by atoms with E-state index in [0.29, 0.717) is 0 Å². The molecular formula is C21H24Cl2N4O3S. The third-order valence-electron chi connectivity index (χ3n) is 4.84. The van der Waals surface area contributed by atoms with Crippen LogP contribution in [-0.4, -0.2) is 50.8 Å². The van der Waals surface area contributed by atoms with Gasteiger partial charge in [0.15, 0.2) is 0 Å². The number of benzene rings is 2. The number of hydrogen-bond acceptors (Lipinski definition) is 5. The van der Waals surface area contributed by atoms with Crippen LogP contribution < -0.4 is 9.73 Å². The van der Waals surface area contributed by atoms with Crippen LogP contribution in [-0.2, 0) is 21.4 Å². The molecule has 10 heteroatoms. The van der Waals surface area contributed by atoms with Crippen molar-refractivity contribution >= 4 is 50.5 Å². The molecular weight excluding hydrogens is 459 g/mol. The van der Waals surface area contributed by atoms with Crippen molar-refractivity contribution in [2.24, 2.45) is 5.10 Å². The maximum atomic E-state index is 12.4. The van der Waals surface area contributed by atoms with Gasteiger partial charge in [-0.2, -0.15) is 5.10 Å². The summed E-state index contributed by atoms with van der Waals surface area (Å²) in [6.07, 6.45) is 2.50. The molecule has 3 rings (SSSR count). The number of hydrazone groups is 1. The second-order valence-electron chi connectivity index (χ2n) is 7.37. The number of carbonyl (C=O) groups is 1. The van der Waals surface area contributed by atoms with E-state index in [1.807, 2.05) is 18.2 Å². The van der Waals surface area contributed by atoms with E-state index >= 15 is 0 Å². The lowest BCUT2D eigenvalue weighted by Crippen LogP contribution is -2.40. The molecule has 0 aromatic heterocycles. The number of sulfonamides is 1. The lowest BCUT2D eigenvalue weighted by atomic mass is 10.1. The van der Waals surface area contributed by atoms with E-state index < -0.39 is 22.5 Å². The number of nitrogens with one attached hydrogen (secondary N) is 1. The van der Waals surface area contributed by atoms with Crippen LogP contribution in [0.3, 0.4) is 0 Å². The Morgan fingerprint density at radius 3 is 2.29 bits per heavy atom. The first-order valence-corrected chi connectivity index (χ1v) is 12.4. The predicted octanol–water partition coefficient (Wildman–Crippen LogP) is 3.53. The van der Waals surface area contributed by atoms with Crippen LogP contribution in [0, 0.1) is 0 Å². The van der Waals surface area contributed by atoms with Gasteiger partial charge in [0.25, 0.3) is 5.91 Å². The van der Waals surface area contributed by atoms with Gasteiger partial charge < -0.3 is 0 Å². The Morgan fingerprint density at radius 1 is 1.10 bits per heavy atom. The third-order valence-corrected chi connectivity index (χ3v) is 6.42. The van der Waals surface area contributed by atoms with Crippen LogP contribution in [0.5, 0.6) is 0 Å². The number of nitrogens with zero attached hydrogens (tertiary/aromatic N) is 3. The largest absolute Gasteiger partial charge is 0.298 e. The van der Waals surface area contributed by atoms with Gasteiger partial charge in [0, 0.05) is 48.2 Å². The Bertz CT molecular complexity index is 1030. The maximum absolute atomic E-state index is 12.4. The summed E-state index contributed by atoms with van der Waals surface area (Å²) in [6, 6.07) is 14.6. The highest BCUT2D eigenvalue weighted by Gasteiger charge is 2.22. The summed E-state index contributed by atoms with van der Waals surface area (Å²) in [5.74, 6) is -0.541. The highest BCUT2D eigenvalue weighted by atomic mass is 35.5. The topological polar surface area (TPSA) is 82.1 Å². The van der Waals surface area contributed by atoms with E-state index in [0.717, 1.165) is 48.7 Å². The molecule has 1 N–H and O–H groups in total. The van der Waals surface area contributed by atoms with Crippen LogP contribution in [0.2, 0.25) is 10.0 Å². The first-order valence-electron chi connectivity index (χ1n) is 9.75. The maximum Gasteiger partial charge on any atom is 0.260 e. The van der Waals surface area contributed by atoms with E-state index in [4.69, 9.17) is 23.2 Å². The molecule has 166 valence electrons. The van der Waals surface area contributed by atoms with Crippen molar-refractivity contribution in [3.63, 3.8) is 0 Å². The molecule has 1 saturated heterocycles. The first kappa shape index (κ1) is 23.5. The molecule has 1 aliphatic heterocycles. The Labute approximate surface area is 192 Å².